The number of hydrogen-bond acceptors (Lipinski definition) is 6. The lowest BCUT2D eigenvalue weighted by atomic mass is 10.3. The van der Waals surface area contributed by atoms with Gasteiger partial charge >= 0.3 is 5.97 Å². The van der Waals surface area contributed by atoms with Gasteiger partial charge in [-0.05, 0) is 49.4 Å². The number of nitrogen functional groups attached to an aromatic ring is 1. The molecule has 0 aliphatic heterocycles. The van der Waals surface area contributed by atoms with Crippen molar-refractivity contribution >= 4 is 49.9 Å². The molecule has 0 saturated carbocycles. The van der Waals surface area contributed by atoms with E-state index in [-0.39, 0.29) is 5.97 Å². The molecule has 2 N–H and O–H groups in total. The molecule has 4 aromatic rings. The summed E-state index contributed by atoms with van der Waals surface area (Å²) in [4.78, 5) is 19.5. The van der Waals surface area contributed by atoms with Crippen LogP contribution in [0.4, 0.5) is 5.69 Å². The molecule has 0 aliphatic rings. The van der Waals surface area contributed by atoms with Gasteiger partial charge in [0.1, 0.15) is 0 Å². The van der Waals surface area contributed by atoms with Crippen LogP contribution in [0.3, 0.4) is 0 Å². The van der Waals surface area contributed by atoms with Crippen molar-refractivity contribution in [1.82, 2.24) is 9.38 Å². The molecule has 7 heteroatoms. The van der Waals surface area contributed by atoms with E-state index in [1.807, 2.05) is 40.8 Å². The fourth-order valence-corrected chi connectivity index (χ4v) is 4.56. The van der Waals surface area contributed by atoms with Crippen LogP contribution in [0, 0.1) is 0 Å². The molecule has 0 bridgehead atoms. The van der Waals surface area contributed by atoms with E-state index in [4.69, 9.17) is 10.5 Å². The summed E-state index contributed by atoms with van der Waals surface area (Å²) in [5.41, 5.74) is 7.91. The summed E-state index contributed by atoms with van der Waals surface area (Å²) in [6.07, 6.45) is 1.57. The van der Waals surface area contributed by atoms with Crippen LogP contribution in [0.15, 0.2) is 58.5 Å². The number of fused-ring (bicyclic) bond motifs is 3. The minimum atomic E-state index is -0.352. The van der Waals surface area contributed by atoms with Crippen molar-refractivity contribution in [1.29, 1.82) is 0 Å². The predicted molar refractivity (Wildman–Crippen MR) is 102 cm³/mol. The lowest BCUT2D eigenvalue weighted by Gasteiger charge is -2.03. The minimum absolute atomic E-state index is 0.344. The predicted octanol–water partition coefficient (Wildman–Crippen LogP) is 4.46. The zero-order valence-corrected chi connectivity index (χ0v) is 15.1. The molecule has 0 atom stereocenters. The number of rotatable bonds is 4. The molecule has 0 aliphatic carbocycles. The van der Waals surface area contributed by atoms with Crippen LogP contribution < -0.4 is 5.73 Å². The molecule has 126 valence electrons. The zero-order valence-electron chi connectivity index (χ0n) is 13.4. The van der Waals surface area contributed by atoms with Crippen molar-refractivity contribution in [3.05, 3.63) is 54.4 Å². The quantitative estimate of drug-likeness (QED) is 0.425. The first kappa shape index (κ1) is 16.0. The van der Waals surface area contributed by atoms with Crippen LogP contribution in [0.1, 0.15) is 17.4 Å². The number of nitrogens with two attached hydrogens (primary N) is 1. The highest BCUT2D eigenvalue weighted by Crippen LogP contribution is 2.34. The Morgan fingerprint density at radius 3 is 2.76 bits per heavy atom. The standard InChI is InChI=1S/C18H15N3O2S2/c1-2-23-17(22)15-10-20-18-21(15)14-8-7-13(9-16(14)25-18)24-12-5-3-11(19)4-6-12/h3-10H,2,19H2,1H3. The Hall–Kier alpha value is -2.51. The molecule has 0 unspecified atom stereocenters. The van der Waals surface area contributed by atoms with Gasteiger partial charge in [-0.15, -0.1) is 0 Å². The maximum absolute atomic E-state index is 12.1. The van der Waals surface area contributed by atoms with Gasteiger partial charge in [-0.2, -0.15) is 0 Å². The van der Waals surface area contributed by atoms with E-state index in [1.165, 1.54) is 0 Å². The van der Waals surface area contributed by atoms with E-state index in [0.717, 1.165) is 30.7 Å². The summed E-state index contributed by atoms with van der Waals surface area (Å²) in [7, 11) is 0. The lowest BCUT2D eigenvalue weighted by molar-refractivity contribution is 0.0519. The normalized spacial score (nSPS) is 11.2. The molecule has 0 fully saturated rings. The number of thiazole rings is 1. The first-order chi connectivity index (χ1) is 12.2. The van der Waals surface area contributed by atoms with Crippen molar-refractivity contribution in [3.8, 4) is 0 Å². The third-order valence-corrected chi connectivity index (χ3v) is 5.72. The maximum Gasteiger partial charge on any atom is 0.357 e. The van der Waals surface area contributed by atoms with Gasteiger partial charge in [-0.3, -0.25) is 4.40 Å². The van der Waals surface area contributed by atoms with Crippen LogP contribution >= 0.6 is 23.1 Å². The van der Waals surface area contributed by atoms with Crippen LogP contribution in [-0.4, -0.2) is 22.0 Å². The van der Waals surface area contributed by atoms with E-state index in [2.05, 4.69) is 11.1 Å². The Labute approximate surface area is 152 Å². The number of hydrogen-bond donors (Lipinski definition) is 1. The number of anilines is 1. The summed E-state index contributed by atoms with van der Waals surface area (Å²) in [5.74, 6) is -0.352. The van der Waals surface area contributed by atoms with Crippen molar-refractivity contribution in [2.24, 2.45) is 0 Å². The van der Waals surface area contributed by atoms with Crippen molar-refractivity contribution in [2.45, 2.75) is 16.7 Å². The molecule has 0 saturated heterocycles. The number of benzene rings is 2. The second-order valence-electron chi connectivity index (χ2n) is 5.38. The molecule has 0 spiro atoms. The second kappa shape index (κ2) is 6.42. The third kappa shape index (κ3) is 2.96. The maximum atomic E-state index is 12.1. The van der Waals surface area contributed by atoms with E-state index in [1.54, 1.807) is 36.2 Å². The van der Waals surface area contributed by atoms with E-state index >= 15 is 0 Å². The van der Waals surface area contributed by atoms with Crippen molar-refractivity contribution in [3.63, 3.8) is 0 Å². The summed E-state index contributed by atoms with van der Waals surface area (Å²) in [5, 5.41) is 0. The first-order valence-electron chi connectivity index (χ1n) is 7.76. The topological polar surface area (TPSA) is 69.6 Å². The Morgan fingerprint density at radius 2 is 2.00 bits per heavy atom. The number of nitrogens with zero attached hydrogens (tertiary/aromatic N) is 2. The molecule has 0 amide bonds. The fourth-order valence-electron chi connectivity index (χ4n) is 2.58. The molecule has 25 heavy (non-hydrogen) atoms. The Morgan fingerprint density at radius 1 is 1.24 bits per heavy atom. The number of carbonyl (C=O) groups excluding carboxylic acids is 1. The average Bonchev–Trinajstić information content (AvgIpc) is 3.15. The Kier molecular flexibility index (Phi) is 4.10. The van der Waals surface area contributed by atoms with Gasteiger partial charge in [0.15, 0.2) is 10.7 Å². The molecular formula is C18H15N3O2S2. The third-order valence-electron chi connectivity index (χ3n) is 3.70. The number of aromatic nitrogens is 2. The number of imidazole rings is 1. The monoisotopic (exact) mass is 369 g/mol. The van der Waals surface area contributed by atoms with Crippen LogP contribution in [-0.2, 0) is 4.74 Å². The van der Waals surface area contributed by atoms with Crippen LogP contribution in [0.5, 0.6) is 0 Å². The van der Waals surface area contributed by atoms with E-state index in [9.17, 15) is 4.79 Å². The smallest absolute Gasteiger partial charge is 0.357 e. The average molecular weight is 369 g/mol. The molecular weight excluding hydrogens is 354 g/mol. The van der Waals surface area contributed by atoms with Crippen LogP contribution in [0.25, 0.3) is 15.2 Å². The van der Waals surface area contributed by atoms with Gasteiger partial charge in [0.05, 0.1) is 23.0 Å². The van der Waals surface area contributed by atoms with Crippen LogP contribution in [0.2, 0.25) is 0 Å². The molecule has 4 rings (SSSR count). The summed E-state index contributed by atoms with van der Waals surface area (Å²) in [6.45, 7) is 2.14. The van der Waals surface area contributed by atoms with Gasteiger partial charge in [0.2, 0.25) is 0 Å². The van der Waals surface area contributed by atoms with E-state index < -0.39 is 0 Å². The lowest BCUT2D eigenvalue weighted by Crippen LogP contribution is -2.07. The van der Waals surface area contributed by atoms with Gasteiger partial charge in [-0.1, -0.05) is 23.1 Å². The fraction of sp³-hybridized carbons (Fsp3) is 0.111. The summed E-state index contributed by atoms with van der Waals surface area (Å²) >= 11 is 3.23. The number of carbonyl (C=O) groups is 1. The molecule has 2 heterocycles. The Bertz CT molecular complexity index is 1070. The molecule has 2 aromatic heterocycles. The summed E-state index contributed by atoms with van der Waals surface area (Å²) < 4.78 is 8.05. The minimum Gasteiger partial charge on any atom is -0.461 e. The van der Waals surface area contributed by atoms with Gasteiger partial charge in [0.25, 0.3) is 0 Å². The van der Waals surface area contributed by atoms with Gasteiger partial charge in [0, 0.05) is 15.5 Å². The highest BCUT2D eigenvalue weighted by molar-refractivity contribution is 7.99. The largest absolute Gasteiger partial charge is 0.461 e. The highest BCUT2D eigenvalue weighted by Gasteiger charge is 2.17. The number of esters is 1. The van der Waals surface area contributed by atoms with Gasteiger partial charge in [-0.25, -0.2) is 9.78 Å². The van der Waals surface area contributed by atoms with Crippen molar-refractivity contribution in [2.75, 3.05) is 12.3 Å². The van der Waals surface area contributed by atoms with Gasteiger partial charge < -0.3 is 10.5 Å². The molecule has 2 aromatic carbocycles. The molecule has 5 nitrogen and oxygen atoms in total. The number of ether oxygens (including phenoxy) is 1. The van der Waals surface area contributed by atoms with E-state index in [0.29, 0.717) is 12.3 Å². The highest BCUT2D eigenvalue weighted by atomic mass is 32.2. The second-order valence-corrected chi connectivity index (χ2v) is 7.54. The Balaban J connectivity index is 1.73. The first-order valence-corrected chi connectivity index (χ1v) is 9.39. The molecule has 0 radical (unpaired) electrons. The van der Waals surface area contributed by atoms with Crippen molar-refractivity contribution < 1.29 is 9.53 Å². The SMILES string of the molecule is CCOC(=O)c1cnc2sc3cc(Sc4ccc(N)cc4)ccc3n12. The summed E-state index contributed by atoms with van der Waals surface area (Å²) in [6, 6.07) is 14.0. The zero-order chi connectivity index (χ0) is 17.4.